The number of nitrogens with zero attached hydrogens (tertiary/aromatic N) is 3. The summed E-state index contributed by atoms with van der Waals surface area (Å²) in [5, 5.41) is 8.22. The highest BCUT2D eigenvalue weighted by molar-refractivity contribution is 8.00. The molecule has 1 N–H and O–H groups in total. The van der Waals surface area contributed by atoms with Crippen LogP contribution >= 0.6 is 23.4 Å². The molecule has 5 nitrogen and oxygen atoms in total. The zero-order valence-electron chi connectivity index (χ0n) is 13.8. The molecule has 1 aromatic carbocycles. The zero-order valence-corrected chi connectivity index (χ0v) is 15.4. The van der Waals surface area contributed by atoms with Crippen LogP contribution < -0.4 is 0 Å². The lowest BCUT2D eigenvalue weighted by Gasteiger charge is -2.31. The van der Waals surface area contributed by atoms with Crippen LogP contribution in [0.25, 0.3) is 11.4 Å². The minimum absolute atomic E-state index is 0.171. The van der Waals surface area contributed by atoms with E-state index in [9.17, 15) is 4.79 Å². The summed E-state index contributed by atoms with van der Waals surface area (Å²) in [4.78, 5) is 19.0. The molecule has 1 amide bonds. The Labute approximate surface area is 151 Å². The molecule has 1 aliphatic rings. The Balaban J connectivity index is 1.61. The average molecular weight is 365 g/mol. The molecule has 128 valence electrons. The van der Waals surface area contributed by atoms with Crippen LogP contribution in [0.15, 0.2) is 29.4 Å². The van der Waals surface area contributed by atoms with Crippen molar-refractivity contribution >= 4 is 29.3 Å². The highest BCUT2D eigenvalue weighted by atomic mass is 35.5. The van der Waals surface area contributed by atoms with Crippen LogP contribution in [0.5, 0.6) is 0 Å². The van der Waals surface area contributed by atoms with E-state index in [2.05, 4.69) is 22.1 Å². The third-order valence-corrected chi connectivity index (χ3v) is 5.51. The number of piperidine rings is 1. The van der Waals surface area contributed by atoms with Crippen molar-refractivity contribution in [2.24, 2.45) is 5.92 Å². The van der Waals surface area contributed by atoms with Gasteiger partial charge in [0, 0.05) is 23.7 Å². The van der Waals surface area contributed by atoms with Gasteiger partial charge < -0.3 is 4.90 Å². The Kier molecular flexibility index (Phi) is 5.46. The van der Waals surface area contributed by atoms with Gasteiger partial charge >= 0.3 is 0 Å². The number of benzene rings is 1. The van der Waals surface area contributed by atoms with E-state index in [-0.39, 0.29) is 11.2 Å². The number of H-pyrrole nitrogens is 1. The molecule has 2 aromatic rings. The van der Waals surface area contributed by atoms with Crippen molar-refractivity contribution in [2.75, 3.05) is 13.1 Å². The van der Waals surface area contributed by atoms with Crippen LogP contribution in [0.1, 0.15) is 26.7 Å². The average Bonchev–Trinajstić information content (AvgIpc) is 3.04. The van der Waals surface area contributed by atoms with E-state index >= 15 is 0 Å². The highest BCUT2D eigenvalue weighted by Gasteiger charge is 2.26. The molecule has 1 aromatic heterocycles. The molecule has 7 heteroatoms. The molecule has 0 aliphatic carbocycles. The fraction of sp³-hybridized carbons (Fsp3) is 0.471. The van der Waals surface area contributed by atoms with Crippen LogP contribution in [0, 0.1) is 5.92 Å². The quantitative estimate of drug-likeness (QED) is 0.836. The summed E-state index contributed by atoms with van der Waals surface area (Å²) in [6.07, 6.45) is 2.18. The van der Waals surface area contributed by atoms with Crippen molar-refractivity contribution in [3.05, 3.63) is 29.3 Å². The number of hydrogen-bond donors (Lipinski definition) is 1. The second-order valence-corrected chi connectivity index (χ2v) is 7.99. The summed E-state index contributed by atoms with van der Waals surface area (Å²) in [5.74, 6) is 1.57. The predicted molar refractivity (Wildman–Crippen MR) is 97.1 cm³/mol. The molecule has 1 fully saturated rings. The van der Waals surface area contributed by atoms with Gasteiger partial charge in [0.05, 0.1) is 5.25 Å². The third-order valence-electron chi connectivity index (χ3n) is 4.31. The molecular weight excluding hydrogens is 344 g/mol. The van der Waals surface area contributed by atoms with Gasteiger partial charge in [-0.15, -0.1) is 5.10 Å². The van der Waals surface area contributed by atoms with Crippen molar-refractivity contribution in [3.63, 3.8) is 0 Å². The van der Waals surface area contributed by atoms with Crippen LogP contribution in [-0.2, 0) is 4.79 Å². The summed E-state index contributed by atoms with van der Waals surface area (Å²) < 4.78 is 0. The summed E-state index contributed by atoms with van der Waals surface area (Å²) >= 11 is 7.29. The maximum absolute atomic E-state index is 12.5. The number of carbonyl (C=O) groups is 1. The number of amides is 1. The zero-order chi connectivity index (χ0) is 17.1. The Morgan fingerprint density at radius 2 is 2.00 bits per heavy atom. The molecule has 1 unspecified atom stereocenters. The van der Waals surface area contributed by atoms with Gasteiger partial charge in [0.15, 0.2) is 5.82 Å². The Morgan fingerprint density at radius 3 is 2.67 bits per heavy atom. The van der Waals surface area contributed by atoms with E-state index in [4.69, 9.17) is 11.6 Å². The van der Waals surface area contributed by atoms with Gasteiger partial charge in [0.2, 0.25) is 11.1 Å². The lowest BCUT2D eigenvalue weighted by molar-refractivity contribution is -0.131. The maximum Gasteiger partial charge on any atom is 0.235 e. The molecule has 2 heterocycles. The van der Waals surface area contributed by atoms with Crippen molar-refractivity contribution in [1.29, 1.82) is 0 Å². The lowest BCUT2D eigenvalue weighted by atomic mass is 9.99. The van der Waals surface area contributed by atoms with E-state index in [0.717, 1.165) is 31.5 Å². The van der Waals surface area contributed by atoms with Gasteiger partial charge in [-0.1, -0.05) is 30.3 Å². The molecule has 24 heavy (non-hydrogen) atoms. The predicted octanol–water partition coefficient (Wildman–Crippen LogP) is 3.86. The van der Waals surface area contributed by atoms with Crippen LogP contribution in [0.2, 0.25) is 5.02 Å². The Bertz CT molecular complexity index is 695. The van der Waals surface area contributed by atoms with Gasteiger partial charge in [-0.2, -0.15) is 0 Å². The number of nitrogens with one attached hydrogen (secondary N) is 1. The Morgan fingerprint density at radius 1 is 1.33 bits per heavy atom. The second-order valence-electron chi connectivity index (χ2n) is 6.24. The maximum atomic E-state index is 12.5. The van der Waals surface area contributed by atoms with Gasteiger partial charge in [-0.05, 0) is 49.9 Å². The SMILES string of the molecule is CC1CCN(C(=O)C(C)Sc2n[nH]c(-c3ccc(Cl)cc3)n2)CC1. The lowest BCUT2D eigenvalue weighted by Crippen LogP contribution is -2.41. The van der Waals surface area contributed by atoms with E-state index in [1.165, 1.54) is 11.8 Å². The topological polar surface area (TPSA) is 61.9 Å². The monoisotopic (exact) mass is 364 g/mol. The number of aromatic amines is 1. The molecular formula is C17H21ClN4OS. The molecule has 1 saturated heterocycles. The van der Waals surface area contributed by atoms with Gasteiger partial charge in [-0.25, -0.2) is 4.98 Å². The highest BCUT2D eigenvalue weighted by Crippen LogP contribution is 2.26. The molecule has 0 spiro atoms. The minimum atomic E-state index is -0.188. The van der Waals surface area contributed by atoms with Gasteiger partial charge in [-0.3, -0.25) is 9.89 Å². The summed E-state index contributed by atoms with van der Waals surface area (Å²) in [5.41, 5.74) is 0.919. The number of likely N-dealkylation sites (tertiary alicyclic amines) is 1. The standard InChI is InChI=1S/C17H21ClN4OS/c1-11-7-9-22(10-8-11)16(23)12(2)24-17-19-15(20-21-17)13-3-5-14(18)6-4-13/h3-6,11-12H,7-10H2,1-2H3,(H,19,20,21). The van der Waals surface area contributed by atoms with Crippen LogP contribution in [0.3, 0.4) is 0 Å². The summed E-state index contributed by atoms with van der Waals surface area (Å²) in [6, 6.07) is 7.41. The second kappa shape index (κ2) is 7.57. The number of hydrogen-bond acceptors (Lipinski definition) is 4. The molecule has 0 saturated carbocycles. The van der Waals surface area contributed by atoms with Crippen molar-refractivity contribution in [1.82, 2.24) is 20.1 Å². The number of thioether (sulfide) groups is 1. The van der Waals surface area contributed by atoms with E-state index in [1.807, 2.05) is 36.1 Å². The first-order valence-electron chi connectivity index (χ1n) is 8.16. The molecule has 3 rings (SSSR count). The van der Waals surface area contributed by atoms with Crippen LogP contribution in [-0.4, -0.2) is 44.3 Å². The van der Waals surface area contributed by atoms with Crippen molar-refractivity contribution < 1.29 is 4.79 Å². The fourth-order valence-corrected chi connectivity index (χ4v) is 3.67. The normalized spacial score (nSPS) is 17.0. The first-order valence-corrected chi connectivity index (χ1v) is 9.42. The smallest absolute Gasteiger partial charge is 0.235 e. The van der Waals surface area contributed by atoms with Crippen LogP contribution in [0.4, 0.5) is 0 Å². The fourth-order valence-electron chi connectivity index (χ4n) is 2.73. The summed E-state index contributed by atoms with van der Waals surface area (Å²) in [7, 11) is 0. The third kappa shape index (κ3) is 4.11. The molecule has 1 atom stereocenters. The van der Waals surface area contributed by atoms with Gasteiger partial charge in [0.25, 0.3) is 0 Å². The molecule has 0 bridgehead atoms. The Hall–Kier alpha value is -1.53. The van der Waals surface area contributed by atoms with Crippen molar-refractivity contribution in [2.45, 2.75) is 37.1 Å². The molecule has 0 radical (unpaired) electrons. The van der Waals surface area contributed by atoms with E-state index in [1.54, 1.807) is 0 Å². The number of rotatable bonds is 4. The van der Waals surface area contributed by atoms with E-state index in [0.29, 0.717) is 21.9 Å². The minimum Gasteiger partial charge on any atom is -0.342 e. The number of aromatic nitrogens is 3. The van der Waals surface area contributed by atoms with Crippen molar-refractivity contribution in [3.8, 4) is 11.4 Å². The molecule has 1 aliphatic heterocycles. The summed E-state index contributed by atoms with van der Waals surface area (Å²) in [6.45, 7) is 5.87. The van der Waals surface area contributed by atoms with E-state index < -0.39 is 0 Å². The first kappa shape index (κ1) is 17.3. The first-order chi connectivity index (χ1) is 11.5. The largest absolute Gasteiger partial charge is 0.342 e. The van der Waals surface area contributed by atoms with Gasteiger partial charge in [0.1, 0.15) is 0 Å². The number of halogens is 1. The number of carbonyl (C=O) groups excluding carboxylic acids is 1.